The van der Waals surface area contributed by atoms with Crippen LogP contribution < -0.4 is 0 Å². The van der Waals surface area contributed by atoms with E-state index in [9.17, 15) is 14.9 Å². The highest BCUT2D eigenvalue weighted by atomic mass is 16.6. The Kier molecular flexibility index (Phi) is 3.41. The largest absolute Gasteiger partial charge is 0.307 e. The lowest BCUT2D eigenvalue weighted by atomic mass is 10.0. The summed E-state index contributed by atoms with van der Waals surface area (Å²) in [6.07, 6.45) is 2.40. The second-order valence-electron chi connectivity index (χ2n) is 4.34. The van der Waals surface area contributed by atoms with Crippen molar-refractivity contribution in [2.45, 2.75) is 19.9 Å². The van der Waals surface area contributed by atoms with Crippen molar-refractivity contribution in [2.75, 3.05) is 0 Å². The van der Waals surface area contributed by atoms with Crippen LogP contribution in [0.1, 0.15) is 28.9 Å². The number of benzene rings is 1. The lowest BCUT2D eigenvalue weighted by Crippen LogP contribution is -2.17. The fraction of sp³-hybridized carbons (Fsp3) is 0.231. The van der Waals surface area contributed by atoms with E-state index in [2.05, 4.69) is 5.10 Å². The number of ketones is 1. The zero-order chi connectivity index (χ0) is 14.0. The van der Waals surface area contributed by atoms with Gasteiger partial charge in [0.05, 0.1) is 4.92 Å². The van der Waals surface area contributed by atoms with Crippen molar-refractivity contribution in [3.63, 3.8) is 0 Å². The minimum absolute atomic E-state index is 0.122. The zero-order valence-electron chi connectivity index (χ0n) is 10.6. The molecule has 0 aliphatic heterocycles. The Morgan fingerprint density at radius 1 is 1.37 bits per heavy atom. The fourth-order valence-corrected chi connectivity index (χ4v) is 1.71. The van der Waals surface area contributed by atoms with Crippen LogP contribution in [-0.2, 0) is 0 Å². The average Bonchev–Trinajstić information content (AvgIpc) is 2.87. The first-order chi connectivity index (χ1) is 8.99. The van der Waals surface area contributed by atoms with Gasteiger partial charge in [0.25, 0.3) is 0 Å². The van der Waals surface area contributed by atoms with Gasteiger partial charge in [-0.1, -0.05) is 29.8 Å². The number of nitrogens with zero attached hydrogens (tertiary/aromatic N) is 3. The van der Waals surface area contributed by atoms with Gasteiger partial charge >= 0.3 is 5.69 Å². The number of nitro groups is 1. The number of hydrogen-bond acceptors (Lipinski definition) is 4. The standard InChI is InChI=1S/C13H13N3O3/c1-9-3-5-11(6-4-9)13(17)10(2)15-8-12(7-14-15)16(18)19/h3-8,10H,1-2H3/t10-/m0/s1. The van der Waals surface area contributed by atoms with E-state index >= 15 is 0 Å². The molecule has 1 atom stereocenters. The first kappa shape index (κ1) is 12.9. The molecule has 0 fully saturated rings. The van der Waals surface area contributed by atoms with E-state index in [4.69, 9.17) is 0 Å². The van der Waals surface area contributed by atoms with Crippen molar-refractivity contribution in [3.8, 4) is 0 Å². The second-order valence-corrected chi connectivity index (χ2v) is 4.34. The van der Waals surface area contributed by atoms with Crippen molar-refractivity contribution in [1.82, 2.24) is 9.78 Å². The molecule has 19 heavy (non-hydrogen) atoms. The molecular weight excluding hydrogens is 246 g/mol. The molecule has 0 N–H and O–H groups in total. The zero-order valence-corrected chi connectivity index (χ0v) is 10.6. The van der Waals surface area contributed by atoms with Crippen LogP contribution in [0.3, 0.4) is 0 Å². The summed E-state index contributed by atoms with van der Waals surface area (Å²) in [5.74, 6) is -0.127. The van der Waals surface area contributed by atoms with Crippen LogP contribution in [0.4, 0.5) is 5.69 Å². The highest BCUT2D eigenvalue weighted by Gasteiger charge is 2.20. The summed E-state index contributed by atoms with van der Waals surface area (Å²) < 4.78 is 1.31. The second kappa shape index (κ2) is 5.01. The molecule has 98 valence electrons. The summed E-state index contributed by atoms with van der Waals surface area (Å²) in [7, 11) is 0. The van der Waals surface area contributed by atoms with Gasteiger partial charge in [0.1, 0.15) is 18.4 Å². The molecule has 0 unspecified atom stereocenters. The third kappa shape index (κ3) is 2.67. The summed E-state index contributed by atoms with van der Waals surface area (Å²) in [6.45, 7) is 3.60. The molecule has 2 aromatic rings. The monoisotopic (exact) mass is 259 g/mol. The molecule has 0 aliphatic carbocycles. The molecule has 0 radical (unpaired) electrons. The number of carbonyl (C=O) groups is 1. The molecule has 0 saturated heterocycles. The molecule has 2 rings (SSSR count). The van der Waals surface area contributed by atoms with Gasteiger partial charge in [-0.3, -0.25) is 19.6 Å². The Labute approximate surface area is 109 Å². The summed E-state index contributed by atoms with van der Waals surface area (Å²) in [5, 5.41) is 14.4. The maximum atomic E-state index is 12.2. The fourth-order valence-electron chi connectivity index (χ4n) is 1.71. The molecule has 1 aromatic carbocycles. The van der Waals surface area contributed by atoms with Crippen molar-refractivity contribution in [2.24, 2.45) is 0 Å². The minimum Gasteiger partial charge on any atom is -0.292 e. The van der Waals surface area contributed by atoms with Crippen molar-refractivity contribution < 1.29 is 9.72 Å². The quantitative estimate of drug-likeness (QED) is 0.480. The molecule has 0 saturated carbocycles. The van der Waals surface area contributed by atoms with Crippen LogP contribution in [0, 0.1) is 17.0 Å². The SMILES string of the molecule is Cc1ccc(C(=O)[C@H](C)n2cc([N+](=O)[O-])cn2)cc1. The third-order valence-corrected chi connectivity index (χ3v) is 2.91. The Balaban J connectivity index is 2.22. The topological polar surface area (TPSA) is 78.0 Å². The highest BCUT2D eigenvalue weighted by Crippen LogP contribution is 2.17. The number of Topliss-reactive ketones (excluding diaryl/α,β-unsaturated/α-hetero) is 1. The van der Waals surface area contributed by atoms with Crippen LogP contribution >= 0.6 is 0 Å². The van der Waals surface area contributed by atoms with Crippen molar-refractivity contribution in [1.29, 1.82) is 0 Å². The molecule has 1 heterocycles. The molecule has 0 spiro atoms. The van der Waals surface area contributed by atoms with E-state index in [-0.39, 0.29) is 11.5 Å². The number of hydrogen-bond donors (Lipinski definition) is 0. The average molecular weight is 259 g/mol. The highest BCUT2D eigenvalue weighted by molar-refractivity contribution is 5.98. The summed E-state index contributed by atoms with van der Waals surface area (Å²) in [6, 6.07) is 6.62. The van der Waals surface area contributed by atoms with Gasteiger partial charge < -0.3 is 0 Å². The van der Waals surface area contributed by atoms with E-state index < -0.39 is 11.0 Å². The smallest absolute Gasteiger partial charge is 0.292 e. The van der Waals surface area contributed by atoms with Gasteiger partial charge in [0.15, 0.2) is 5.78 Å². The van der Waals surface area contributed by atoms with Gasteiger partial charge in [0.2, 0.25) is 0 Å². The summed E-state index contributed by atoms with van der Waals surface area (Å²) >= 11 is 0. The molecule has 6 heteroatoms. The van der Waals surface area contributed by atoms with Crippen LogP contribution in [0.5, 0.6) is 0 Å². The van der Waals surface area contributed by atoms with Gasteiger partial charge in [-0.25, -0.2) is 0 Å². The summed E-state index contributed by atoms with van der Waals surface area (Å²) in [4.78, 5) is 22.3. The lowest BCUT2D eigenvalue weighted by Gasteiger charge is -2.10. The predicted molar refractivity (Wildman–Crippen MR) is 69.1 cm³/mol. The van der Waals surface area contributed by atoms with E-state index in [0.29, 0.717) is 5.56 Å². The number of aryl methyl sites for hydroxylation is 1. The Morgan fingerprint density at radius 3 is 2.53 bits per heavy atom. The van der Waals surface area contributed by atoms with E-state index in [1.807, 2.05) is 19.1 Å². The van der Waals surface area contributed by atoms with Gasteiger partial charge in [-0.2, -0.15) is 5.10 Å². The van der Waals surface area contributed by atoms with E-state index in [1.165, 1.54) is 10.9 Å². The minimum atomic E-state index is -0.573. The van der Waals surface area contributed by atoms with Crippen LogP contribution in [0.25, 0.3) is 0 Å². The maximum Gasteiger partial charge on any atom is 0.307 e. The predicted octanol–water partition coefficient (Wildman–Crippen LogP) is 2.54. The molecule has 0 bridgehead atoms. The van der Waals surface area contributed by atoms with Gasteiger partial charge in [0, 0.05) is 5.56 Å². The van der Waals surface area contributed by atoms with Crippen LogP contribution in [0.2, 0.25) is 0 Å². The maximum absolute atomic E-state index is 12.2. The van der Waals surface area contributed by atoms with Gasteiger partial charge in [-0.15, -0.1) is 0 Å². The number of carbonyl (C=O) groups excluding carboxylic acids is 1. The molecule has 1 aromatic heterocycles. The molecule has 0 amide bonds. The molecular formula is C13H13N3O3. The number of rotatable bonds is 4. The van der Waals surface area contributed by atoms with Gasteiger partial charge in [-0.05, 0) is 13.8 Å². The molecule has 6 nitrogen and oxygen atoms in total. The van der Waals surface area contributed by atoms with E-state index in [0.717, 1.165) is 11.8 Å². The Hall–Kier alpha value is -2.50. The van der Waals surface area contributed by atoms with Crippen molar-refractivity contribution >= 4 is 11.5 Å². The van der Waals surface area contributed by atoms with E-state index in [1.54, 1.807) is 19.1 Å². The first-order valence-corrected chi connectivity index (χ1v) is 5.78. The third-order valence-electron chi connectivity index (χ3n) is 2.91. The Morgan fingerprint density at radius 2 is 2.00 bits per heavy atom. The van der Waals surface area contributed by atoms with Crippen LogP contribution in [0.15, 0.2) is 36.7 Å². The first-order valence-electron chi connectivity index (χ1n) is 5.78. The summed E-state index contributed by atoms with van der Waals surface area (Å²) in [5.41, 5.74) is 1.51. The number of aromatic nitrogens is 2. The Bertz CT molecular complexity index is 616. The normalized spacial score (nSPS) is 12.1. The van der Waals surface area contributed by atoms with Crippen LogP contribution in [-0.4, -0.2) is 20.5 Å². The molecule has 0 aliphatic rings. The lowest BCUT2D eigenvalue weighted by molar-refractivity contribution is -0.385. The van der Waals surface area contributed by atoms with Crippen molar-refractivity contribution in [3.05, 3.63) is 57.9 Å².